The van der Waals surface area contributed by atoms with Gasteiger partial charge in [-0.3, -0.25) is 14.9 Å². The monoisotopic (exact) mass is 352 g/mol. The first-order valence-corrected chi connectivity index (χ1v) is 9.17. The smallest absolute Gasteiger partial charge is 0.273 e. The van der Waals surface area contributed by atoms with Crippen LogP contribution in [0.25, 0.3) is 0 Å². The zero-order chi connectivity index (χ0) is 18.7. The van der Waals surface area contributed by atoms with E-state index in [1.165, 1.54) is 30.0 Å². The summed E-state index contributed by atoms with van der Waals surface area (Å²) in [5.41, 5.74) is 4.73. The molecule has 0 aromatic heterocycles. The van der Waals surface area contributed by atoms with Gasteiger partial charge in [-0.1, -0.05) is 31.2 Å². The van der Waals surface area contributed by atoms with Gasteiger partial charge in [0.1, 0.15) is 0 Å². The van der Waals surface area contributed by atoms with Gasteiger partial charge in [0.25, 0.3) is 11.6 Å². The molecule has 5 nitrogen and oxygen atoms in total. The van der Waals surface area contributed by atoms with E-state index >= 15 is 0 Å². The van der Waals surface area contributed by atoms with Crippen LogP contribution in [0.1, 0.15) is 64.8 Å². The standard InChI is InChI=1S/C21H24N2O3/c1-3-19(17-11-10-15-6-4-5-7-16(15)12-17)22-21(24)18-9-8-14(2)20(13-18)23(25)26/h8-13,19H,3-7H2,1-2H3,(H,22,24). The SMILES string of the molecule is CCC(NC(=O)c1ccc(C)c([N+](=O)[O-])c1)c1ccc2c(c1)CCCC2. The summed E-state index contributed by atoms with van der Waals surface area (Å²) in [4.78, 5) is 23.3. The van der Waals surface area contributed by atoms with E-state index in [2.05, 4.69) is 23.5 Å². The molecule has 2 aromatic rings. The molecule has 0 saturated heterocycles. The van der Waals surface area contributed by atoms with Gasteiger partial charge in [-0.15, -0.1) is 0 Å². The molecule has 0 heterocycles. The highest BCUT2D eigenvalue weighted by molar-refractivity contribution is 5.95. The molecule has 0 radical (unpaired) electrons. The fourth-order valence-corrected chi connectivity index (χ4v) is 3.58. The van der Waals surface area contributed by atoms with Gasteiger partial charge in [0.2, 0.25) is 0 Å². The van der Waals surface area contributed by atoms with Crippen molar-refractivity contribution in [3.63, 3.8) is 0 Å². The minimum Gasteiger partial charge on any atom is -0.345 e. The Morgan fingerprint density at radius 3 is 2.58 bits per heavy atom. The summed E-state index contributed by atoms with van der Waals surface area (Å²) in [6, 6.07) is 11.0. The van der Waals surface area contributed by atoms with Crippen LogP contribution in [0, 0.1) is 17.0 Å². The van der Waals surface area contributed by atoms with Crippen molar-refractivity contribution in [1.82, 2.24) is 5.32 Å². The summed E-state index contributed by atoms with van der Waals surface area (Å²) < 4.78 is 0. The maximum atomic E-state index is 12.6. The average Bonchev–Trinajstić information content (AvgIpc) is 2.65. The van der Waals surface area contributed by atoms with Crippen LogP contribution in [0.2, 0.25) is 0 Å². The number of carbonyl (C=O) groups is 1. The normalized spacial score (nSPS) is 14.4. The molecule has 0 fully saturated rings. The Kier molecular flexibility index (Phi) is 5.35. The van der Waals surface area contributed by atoms with Crippen LogP contribution in [0.15, 0.2) is 36.4 Å². The molecule has 0 saturated carbocycles. The zero-order valence-corrected chi connectivity index (χ0v) is 15.2. The number of nitro groups is 1. The van der Waals surface area contributed by atoms with Crippen molar-refractivity contribution in [2.45, 2.75) is 52.0 Å². The molecular formula is C21H24N2O3. The number of carbonyl (C=O) groups excluding carboxylic acids is 1. The predicted molar refractivity (Wildman–Crippen MR) is 101 cm³/mol. The van der Waals surface area contributed by atoms with E-state index in [-0.39, 0.29) is 17.6 Å². The summed E-state index contributed by atoms with van der Waals surface area (Å²) in [6.45, 7) is 3.70. The number of nitrogens with zero attached hydrogens (tertiary/aromatic N) is 1. The lowest BCUT2D eigenvalue weighted by molar-refractivity contribution is -0.385. The Balaban J connectivity index is 1.81. The van der Waals surface area contributed by atoms with E-state index in [9.17, 15) is 14.9 Å². The molecule has 0 aliphatic heterocycles. The van der Waals surface area contributed by atoms with Gasteiger partial charge < -0.3 is 5.32 Å². The molecule has 3 rings (SSSR count). The third-order valence-electron chi connectivity index (χ3n) is 5.16. The topological polar surface area (TPSA) is 72.2 Å². The summed E-state index contributed by atoms with van der Waals surface area (Å²) in [6.07, 6.45) is 5.45. The lowest BCUT2D eigenvalue weighted by atomic mass is 9.88. The molecule has 1 N–H and O–H groups in total. The quantitative estimate of drug-likeness (QED) is 0.628. The molecule has 5 heteroatoms. The third-order valence-corrected chi connectivity index (χ3v) is 5.16. The second-order valence-corrected chi connectivity index (χ2v) is 6.93. The number of hydrogen-bond donors (Lipinski definition) is 1. The van der Waals surface area contributed by atoms with Crippen molar-refractivity contribution in [2.24, 2.45) is 0 Å². The summed E-state index contributed by atoms with van der Waals surface area (Å²) in [5, 5.41) is 14.1. The fraction of sp³-hybridized carbons (Fsp3) is 0.381. The first-order chi connectivity index (χ1) is 12.5. The molecular weight excluding hydrogens is 328 g/mol. The molecule has 26 heavy (non-hydrogen) atoms. The summed E-state index contributed by atoms with van der Waals surface area (Å²) in [5.74, 6) is -0.280. The van der Waals surface area contributed by atoms with Gasteiger partial charge in [0.05, 0.1) is 11.0 Å². The Bertz CT molecular complexity index is 845. The molecule has 2 aromatic carbocycles. The highest BCUT2D eigenvalue weighted by atomic mass is 16.6. The van der Waals surface area contributed by atoms with E-state index in [1.807, 2.05) is 6.92 Å². The van der Waals surface area contributed by atoms with E-state index in [4.69, 9.17) is 0 Å². The molecule has 1 unspecified atom stereocenters. The zero-order valence-electron chi connectivity index (χ0n) is 15.2. The minimum atomic E-state index is -0.451. The number of amides is 1. The average molecular weight is 352 g/mol. The number of benzene rings is 2. The van der Waals surface area contributed by atoms with E-state index in [0.717, 1.165) is 24.8 Å². The van der Waals surface area contributed by atoms with Gasteiger partial charge in [-0.2, -0.15) is 0 Å². The lowest BCUT2D eigenvalue weighted by Gasteiger charge is -2.22. The second kappa shape index (κ2) is 7.68. The number of nitrogens with one attached hydrogen (secondary N) is 1. The maximum absolute atomic E-state index is 12.6. The van der Waals surface area contributed by atoms with Crippen molar-refractivity contribution < 1.29 is 9.72 Å². The van der Waals surface area contributed by atoms with E-state index < -0.39 is 4.92 Å². The number of rotatable bonds is 5. The van der Waals surface area contributed by atoms with Crippen LogP contribution in [-0.4, -0.2) is 10.8 Å². The summed E-state index contributed by atoms with van der Waals surface area (Å²) >= 11 is 0. The van der Waals surface area contributed by atoms with Crippen LogP contribution in [-0.2, 0) is 12.8 Å². The van der Waals surface area contributed by atoms with Gasteiger partial charge >= 0.3 is 0 Å². The van der Waals surface area contributed by atoms with Crippen molar-refractivity contribution >= 4 is 11.6 Å². The Morgan fingerprint density at radius 1 is 1.15 bits per heavy atom. The fourth-order valence-electron chi connectivity index (χ4n) is 3.58. The van der Waals surface area contributed by atoms with Crippen LogP contribution in [0.5, 0.6) is 0 Å². The van der Waals surface area contributed by atoms with Crippen molar-refractivity contribution in [3.05, 3.63) is 74.3 Å². The third kappa shape index (κ3) is 3.77. The second-order valence-electron chi connectivity index (χ2n) is 6.93. The molecule has 1 aliphatic carbocycles. The molecule has 1 amide bonds. The van der Waals surface area contributed by atoms with Crippen molar-refractivity contribution in [3.8, 4) is 0 Å². The largest absolute Gasteiger partial charge is 0.345 e. The van der Waals surface area contributed by atoms with Gasteiger partial charge in [0.15, 0.2) is 0 Å². The highest BCUT2D eigenvalue weighted by Crippen LogP contribution is 2.26. The number of aryl methyl sites for hydroxylation is 3. The first-order valence-electron chi connectivity index (χ1n) is 9.17. The number of hydrogen-bond acceptors (Lipinski definition) is 3. The van der Waals surface area contributed by atoms with E-state index in [1.54, 1.807) is 19.1 Å². The Hall–Kier alpha value is -2.69. The first kappa shape index (κ1) is 18.1. The van der Waals surface area contributed by atoms with Gasteiger partial charge in [-0.05, 0) is 61.8 Å². The Morgan fingerprint density at radius 2 is 1.88 bits per heavy atom. The molecule has 136 valence electrons. The molecule has 0 bridgehead atoms. The molecule has 1 aliphatic rings. The summed E-state index contributed by atoms with van der Waals surface area (Å²) in [7, 11) is 0. The number of nitro benzene ring substituents is 1. The lowest BCUT2D eigenvalue weighted by Crippen LogP contribution is -2.28. The van der Waals surface area contributed by atoms with Crippen LogP contribution in [0.3, 0.4) is 0 Å². The number of fused-ring (bicyclic) bond motifs is 1. The predicted octanol–water partition coefficient (Wildman–Crippen LogP) is 4.66. The van der Waals surface area contributed by atoms with Crippen LogP contribution >= 0.6 is 0 Å². The maximum Gasteiger partial charge on any atom is 0.273 e. The van der Waals surface area contributed by atoms with Gasteiger partial charge in [0, 0.05) is 17.2 Å². The van der Waals surface area contributed by atoms with Crippen molar-refractivity contribution in [2.75, 3.05) is 0 Å². The molecule has 1 atom stereocenters. The Labute approximate surface area is 153 Å². The molecule has 0 spiro atoms. The van der Waals surface area contributed by atoms with Gasteiger partial charge in [-0.25, -0.2) is 0 Å². The van der Waals surface area contributed by atoms with Crippen molar-refractivity contribution in [1.29, 1.82) is 0 Å². The van der Waals surface area contributed by atoms with E-state index in [0.29, 0.717) is 11.1 Å². The highest BCUT2D eigenvalue weighted by Gasteiger charge is 2.19. The van der Waals surface area contributed by atoms with Crippen LogP contribution < -0.4 is 5.32 Å². The minimum absolute atomic E-state index is 0.0283. The van der Waals surface area contributed by atoms with Crippen LogP contribution in [0.4, 0.5) is 5.69 Å².